The van der Waals surface area contributed by atoms with Crippen molar-refractivity contribution in [2.24, 2.45) is 12.1 Å². The van der Waals surface area contributed by atoms with Gasteiger partial charge in [-0.15, -0.1) is 0 Å². The zero-order valence-electron chi connectivity index (χ0n) is 16.9. The fourth-order valence-electron chi connectivity index (χ4n) is 2.82. The largest absolute Gasteiger partial charge is 0.507 e. The topological polar surface area (TPSA) is 147 Å². The fraction of sp³-hybridized carbons (Fsp3) is 0.368. The minimum atomic E-state index is -0.927. The summed E-state index contributed by atoms with van der Waals surface area (Å²) in [5.74, 6) is 0.198. The number of hydrazone groups is 1. The maximum absolute atomic E-state index is 12.4. The number of hydrogen-bond donors (Lipinski definition) is 4. The Bertz CT molecular complexity index is 1180. The van der Waals surface area contributed by atoms with Crippen LogP contribution in [-0.4, -0.2) is 54.3 Å². The van der Waals surface area contributed by atoms with Gasteiger partial charge in [0, 0.05) is 12.6 Å². The average molecular weight is 416 g/mol. The summed E-state index contributed by atoms with van der Waals surface area (Å²) in [6.45, 7) is 3.74. The fourth-order valence-corrected chi connectivity index (χ4v) is 2.82. The number of nitrogens with zero attached hydrogens (tertiary/aromatic N) is 4. The highest BCUT2D eigenvalue weighted by Gasteiger charge is 2.19. The maximum Gasteiger partial charge on any atom is 0.329 e. The number of rotatable bonds is 8. The smallest absolute Gasteiger partial charge is 0.329 e. The highest BCUT2D eigenvalue weighted by atomic mass is 16.5. The third kappa shape index (κ3) is 4.58. The van der Waals surface area contributed by atoms with Crippen LogP contribution in [0.1, 0.15) is 19.4 Å². The van der Waals surface area contributed by atoms with E-state index in [-0.39, 0.29) is 42.1 Å². The van der Waals surface area contributed by atoms with Gasteiger partial charge in [-0.05, 0) is 26.0 Å². The normalized spacial score (nSPS) is 12.8. The van der Waals surface area contributed by atoms with Crippen LogP contribution in [0.5, 0.6) is 5.75 Å². The van der Waals surface area contributed by atoms with Crippen molar-refractivity contribution in [2.45, 2.75) is 32.6 Å². The summed E-state index contributed by atoms with van der Waals surface area (Å²) in [7, 11) is 1.48. The Labute approximate surface area is 171 Å². The number of hydrogen-bond acceptors (Lipinski definition) is 8. The zero-order chi connectivity index (χ0) is 21.8. The van der Waals surface area contributed by atoms with Crippen LogP contribution in [0.4, 0.5) is 5.95 Å². The Morgan fingerprint density at radius 2 is 2.07 bits per heavy atom. The van der Waals surface area contributed by atoms with Crippen molar-refractivity contribution in [1.82, 2.24) is 19.1 Å². The lowest BCUT2D eigenvalue weighted by atomic mass is 10.2. The molecular weight excluding hydrogens is 392 g/mol. The van der Waals surface area contributed by atoms with Crippen LogP contribution < -0.4 is 16.7 Å². The second-order valence-corrected chi connectivity index (χ2v) is 7.00. The maximum atomic E-state index is 12.4. The molecule has 0 saturated heterocycles. The Morgan fingerprint density at radius 3 is 2.77 bits per heavy atom. The van der Waals surface area contributed by atoms with Crippen molar-refractivity contribution in [2.75, 3.05) is 12.0 Å². The molecule has 0 radical (unpaired) electrons. The number of aliphatic hydroxyl groups is 1. The molecule has 11 heteroatoms. The SMILES string of the molecule is CC(C)OCC(O)Cn1c(NN=Cc2ccccc2O)nc2c1c(=O)[nH]c(=O)n2C. The van der Waals surface area contributed by atoms with Crippen LogP contribution in [-0.2, 0) is 18.3 Å². The van der Waals surface area contributed by atoms with E-state index in [1.807, 2.05) is 13.8 Å². The molecule has 0 aliphatic rings. The van der Waals surface area contributed by atoms with Crippen LogP contribution in [0.3, 0.4) is 0 Å². The Balaban J connectivity index is 1.98. The predicted octanol–water partition coefficient (Wildman–Crippen LogP) is 0.361. The summed E-state index contributed by atoms with van der Waals surface area (Å²) in [5.41, 5.74) is 2.20. The molecule has 2 heterocycles. The number of H-pyrrole nitrogens is 1. The van der Waals surface area contributed by atoms with Crippen molar-refractivity contribution >= 4 is 23.3 Å². The van der Waals surface area contributed by atoms with Gasteiger partial charge in [-0.1, -0.05) is 12.1 Å². The molecule has 0 spiro atoms. The number of aromatic nitrogens is 4. The first kappa shape index (κ1) is 21.3. The van der Waals surface area contributed by atoms with Gasteiger partial charge in [0.1, 0.15) is 5.75 Å². The number of nitrogens with one attached hydrogen (secondary N) is 2. The number of imidazole rings is 1. The van der Waals surface area contributed by atoms with E-state index in [4.69, 9.17) is 4.74 Å². The van der Waals surface area contributed by atoms with Crippen molar-refractivity contribution in [3.8, 4) is 5.75 Å². The van der Waals surface area contributed by atoms with Crippen LogP contribution >= 0.6 is 0 Å². The molecule has 160 valence electrons. The van der Waals surface area contributed by atoms with Gasteiger partial charge in [0.15, 0.2) is 11.2 Å². The number of aromatic amines is 1. The van der Waals surface area contributed by atoms with Gasteiger partial charge >= 0.3 is 5.69 Å². The number of aromatic hydroxyl groups is 1. The number of phenols is 1. The zero-order valence-corrected chi connectivity index (χ0v) is 16.9. The lowest BCUT2D eigenvalue weighted by molar-refractivity contribution is -0.000105. The van der Waals surface area contributed by atoms with Crippen LogP contribution in [0, 0.1) is 0 Å². The summed E-state index contributed by atoms with van der Waals surface area (Å²) in [5, 5.41) is 24.2. The van der Waals surface area contributed by atoms with E-state index in [1.54, 1.807) is 18.2 Å². The predicted molar refractivity (Wildman–Crippen MR) is 112 cm³/mol. The number of fused-ring (bicyclic) bond motifs is 1. The van der Waals surface area contributed by atoms with Gasteiger partial charge in [-0.3, -0.25) is 14.3 Å². The standard InChI is InChI=1S/C19H24N6O5/c1-11(2)30-10-13(26)9-25-15-16(24(3)19(29)22-17(15)28)21-18(25)23-20-8-12-6-4-5-7-14(12)27/h4-8,11,13,26-27H,9-10H2,1-3H3,(H,21,23)(H,22,28,29). The molecular formula is C19H24N6O5. The molecule has 0 aliphatic carbocycles. The van der Waals surface area contributed by atoms with Gasteiger partial charge in [-0.25, -0.2) is 10.2 Å². The minimum absolute atomic E-state index is 0.0149. The number of ether oxygens (including phenoxy) is 1. The molecule has 2 aromatic heterocycles. The van der Waals surface area contributed by atoms with E-state index < -0.39 is 17.4 Å². The molecule has 3 rings (SSSR count). The van der Waals surface area contributed by atoms with Gasteiger partial charge in [0.05, 0.1) is 31.6 Å². The minimum Gasteiger partial charge on any atom is -0.507 e. The molecule has 0 saturated carbocycles. The number of benzene rings is 1. The molecule has 30 heavy (non-hydrogen) atoms. The third-order valence-corrected chi connectivity index (χ3v) is 4.33. The quantitative estimate of drug-likeness (QED) is 0.306. The van der Waals surface area contributed by atoms with Gasteiger partial charge in [0.2, 0.25) is 5.95 Å². The first-order chi connectivity index (χ1) is 14.3. The van der Waals surface area contributed by atoms with E-state index >= 15 is 0 Å². The van der Waals surface area contributed by atoms with Crippen LogP contribution in [0.15, 0.2) is 39.0 Å². The number of para-hydroxylation sites is 1. The third-order valence-electron chi connectivity index (χ3n) is 4.33. The highest BCUT2D eigenvalue weighted by molar-refractivity contribution is 5.83. The Morgan fingerprint density at radius 1 is 1.33 bits per heavy atom. The Hall–Kier alpha value is -3.44. The van der Waals surface area contributed by atoms with Crippen molar-refractivity contribution in [3.05, 3.63) is 50.7 Å². The lowest BCUT2D eigenvalue weighted by Gasteiger charge is -2.15. The summed E-state index contributed by atoms with van der Waals surface area (Å²) >= 11 is 0. The molecule has 3 aromatic rings. The second-order valence-electron chi connectivity index (χ2n) is 7.00. The van der Waals surface area contributed by atoms with Crippen molar-refractivity contribution < 1.29 is 14.9 Å². The summed E-state index contributed by atoms with van der Waals surface area (Å²) in [4.78, 5) is 30.9. The van der Waals surface area contributed by atoms with Crippen LogP contribution in [0.25, 0.3) is 11.2 Å². The molecule has 1 unspecified atom stereocenters. The number of aliphatic hydroxyl groups excluding tert-OH is 1. The van der Waals surface area contributed by atoms with E-state index in [0.717, 1.165) is 0 Å². The average Bonchev–Trinajstić information content (AvgIpc) is 3.05. The number of aryl methyl sites for hydroxylation is 1. The van der Waals surface area contributed by atoms with E-state index in [1.165, 1.54) is 28.5 Å². The summed E-state index contributed by atoms with van der Waals surface area (Å²) < 4.78 is 8.06. The molecule has 0 bridgehead atoms. The van der Waals surface area contributed by atoms with Crippen molar-refractivity contribution in [1.29, 1.82) is 0 Å². The lowest BCUT2D eigenvalue weighted by Crippen LogP contribution is -2.30. The monoisotopic (exact) mass is 416 g/mol. The molecule has 1 aromatic carbocycles. The van der Waals surface area contributed by atoms with E-state index in [2.05, 4.69) is 20.5 Å². The number of phenolic OH excluding ortho intramolecular Hbond substituents is 1. The first-order valence-electron chi connectivity index (χ1n) is 9.34. The van der Waals surface area contributed by atoms with Crippen LogP contribution in [0.2, 0.25) is 0 Å². The molecule has 0 fully saturated rings. The molecule has 11 nitrogen and oxygen atoms in total. The molecule has 0 aliphatic heterocycles. The van der Waals surface area contributed by atoms with E-state index in [0.29, 0.717) is 5.56 Å². The van der Waals surface area contributed by atoms with Gasteiger partial charge < -0.3 is 19.5 Å². The number of anilines is 1. The van der Waals surface area contributed by atoms with E-state index in [9.17, 15) is 19.8 Å². The van der Waals surface area contributed by atoms with Gasteiger partial charge in [-0.2, -0.15) is 10.1 Å². The summed E-state index contributed by atoms with van der Waals surface area (Å²) in [6.07, 6.45) is 0.397. The highest BCUT2D eigenvalue weighted by Crippen LogP contribution is 2.17. The van der Waals surface area contributed by atoms with Crippen molar-refractivity contribution in [3.63, 3.8) is 0 Å². The second kappa shape index (κ2) is 8.93. The Kier molecular flexibility index (Phi) is 6.33. The molecule has 4 N–H and O–H groups in total. The summed E-state index contributed by atoms with van der Waals surface area (Å²) in [6, 6.07) is 6.63. The first-order valence-corrected chi connectivity index (χ1v) is 9.34. The molecule has 1 atom stereocenters. The van der Waals surface area contributed by atoms with Gasteiger partial charge in [0.25, 0.3) is 5.56 Å². The molecule has 0 amide bonds.